The molecule has 2 aromatic rings. The van der Waals surface area contributed by atoms with Gasteiger partial charge in [-0.3, -0.25) is 4.79 Å². The zero-order valence-corrected chi connectivity index (χ0v) is 13.8. The molecular weight excluding hydrogens is 275 g/mol. The Balaban J connectivity index is 2.03. The molecule has 0 amide bonds. The van der Waals surface area contributed by atoms with Gasteiger partial charge in [0.25, 0.3) is 0 Å². The van der Waals surface area contributed by atoms with Crippen LogP contribution in [0.1, 0.15) is 45.0 Å². The van der Waals surface area contributed by atoms with E-state index in [1.807, 2.05) is 64.1 Å². The molecule has 0 N–H and O–H groups in total. The van der Waals surface area contributed by atoms with E-state index in [1.54, 1.807) is 6.92 Å². The Bertz CT molecular complexity index is 733. The van der Waals surface area contributed by atoms with E-state index in [9.17, 15) is 4.79 Å². The third-order valence-electron chi connectivity index (χ3n) is 4.81. The number of carbonyl (C=O) groups excluding carboxylic acids is 1. The third-order valence-corrected chi connectivity index (χ3v) is 4.81. The van der Waals surface area contributed by atoms with Gasteiger partial charge in [-0.05, 0) is 50.9 Å². The predicted octanol–water partition coefficient (Wildman–Crippen LogP) is 3.34. The minimum absolute atomic E-state index is 0.0778. The van der Waals surface area contributed by atoms with E-state index in [1.165, 1.54) is 0 Å². The lowest BCUT2D eigenvalue weighted by molar-refractivity contribution is 0.00578. The molecular formula is C18H21BO3. The molecule has 0 aromatic heterocycles. The summed E-state index contributed by atoms with van der Waals surface area (Å²) in [7, 11) is -0.379. The van der Waals surface area contributed by atoms with E-state index in [4.69, 9.17) is 9.31 Å². The highest BCUT2D eigenvalue weighted by molar-refractivity contribution is 6.62. The summed E-state index contributed by atoms with van der Waals surface area (Å²) in [5, 5.41) is 2.00. The highest BCUT2D eigenvalue weighted by Gasteiger charge is 2.51. The number of fused-ring (bicyclic) bond motifs is 1. The second kappa shape index (κ2) is 4.93. The molecule has 3 nitrogen and oxygen atoms in total. The summed E-state index contributed by atoms with van der Waals surface area (Å²) in [5.41, 5.74) is 1.02. The number of rotatable bonds is 2. The lowest BCUT2D eigenvalue weighted by atomic mass is 9.78. The zero-order chi connectivity index (χ0) is 16.1. The van der Waals surface area contributed by atoms with E-state index in [2.05, 4.69) is 0 Å². The van der Waals surface area contributed by atoms with Gasteiger partial charge in [0.05, 0.1) is 11.2 Å². The Morgan fingerprint density at radius 1 is 1.00 bits per heavy atom. The number of carbonyl (C=O) groups is 1. The second-order valence-corrected chi connectivity index (χ2v) is 6.93. The smallest absolute Gasteiger partial charge is 0.399 e. The maximum absolute atomic E-state index is 11.7. The van der Waals surface area contributed by atoms with Crippen LogP contribution in [-0.2, 0) is 9.31 Å². The number of benzene rings is 2. The number of hydrogen-bond donors (Lipinski definition) is 0. The average Bonchev–Trinajstić information content (AvgIpc) is 2.66. The summed E-state index contributed by atoms with van der Waals surface area (Å²) in [6.45, 7) is 9.77. The van der Waals surface area contributed by atoms with Crippen molar-refractivity contribution in [3.63, 3.8) is 0 Å². The van der Waals surface area contributed by atoms with E-state index in [-0.39, 0.29) is 24.1 Å². The fourth-order valence-electron chi connectivity index (χ4n) is 2.73. The Morgan fingerprint density at radius 3 is 2.23 bits per heavy atom. The number of Topliss-reactive ketones (excluding diaryl/α,β-unsaturated/α-hetero) is 1. The highest BCUT2D eigenvalue weighted by atomic mass is 16.7. The minimum atomic E-state index is -0.379. The van der Waals surface area contributed by atoms with Crippen LogP contribution in [0.3, 0.4) is 0 Å². The molecule has 1 aliphatic heterocycles. The van der Waals surface area contributed by atoms with Gasteiger partial charge in [-0.2, -0.15) is 0 Å². The van der Waals surface area contributed by atoms with Crippen molar-refractivity contribution < 1.29 is 14.1 Å². The van der Waals surface area contributed by atoms with Crippen molar-refractivity contribution in [2.45, 2.75) is 45.8 Å². The lowest BCUT2D eigenvalue weighted by Crippen LogP contribution is -2.41. The van der Waals surface area contributed by atoms with E-state index in [0.29, 0.717) is 0 Å². The van der Waals surface area contributed by atoms with Crippen LogP contribution in [0.25, 0.3) is 10.8 Å². The monoisotopic (exact) mass is 296 g/mol. The van der Waals surface area contributed by atoms with Crippen LogP contribution in [0.4, 0.5) is 0 Å². The SMILES string of the molecule is CC(=O)c1cccc2cc(B3OC(C)(C)C(C)(C)O3)ccc12. The van der Waals surface area contributed by atoms with Crippen LogP contribution in [0.2, 0.25) is 0 Å². The van der Waals surface area contributed by atoms with Crippen LogP contribution in [0.5, 0.6) is 0 Å². The predicted molar refractivity (Wildman–Crippen MR) is 89.7 cm³/mol. The zero-order valence-electron chi connectivity index (χ0n) is 13.8. The van der Waals surface area contributed by atoms with Gasteiger partial charge in [0.2, 0.25) is 0 Å². The summed E-state index contributed by atoms with van der Waals surface area (Å²) >= 11 is 0. The van der Waals surface area contributed by atoms with Crippen LogP contribution in [0, 0.1) is 0 Å². The van der Waals surface area contributed by atoms with Gasteiger partial charge in [0.15, 0.2) is 5.78 Å². The third kappa shape index (κ3) is 2.36. The van der Waals surface area contributed by atoms with Crippen LogP contribution in [-0.4, -0.2) is 24.1 Å². The Labute approximate surface area is 131 Å². The fourth-order valence-corrected chi connectivity index (χ4v) is 2.73. The molecule has 1 aliphatic rings. The molecule has 0 atom stereocenters. The Hall–Kier alpha value is -1.65. The topological polar surface area (TPSA) is 35.5 Å². The summed E-state index contributed by atoms with van der Waals surface area (Å²) in [5.74, 6) is 0.0778. The largest absolute Gasteiger partial charge is 0.494 e. The summed E-state index contributed by atoms with van der Waals surface area (Å²) < 4.78 is 12.2. The molecule has 2 aromatic carbocycles. The summed E-state index contributed by atoms with van der Waals surface area (Å²) in [6, 6.07) is 11.8. The molecule has 0 aliphatic carbocycles. The van der Waals surface area contributed by atoms with Gasteiger partial charge < -0.3 is 9.31 Å². The summed E-state index contributed by atoms with van der Waals surface area (Å²) in [4.78, 5) is 11.7. The fraction of sp³-hybridized carbons (Fsp3) is 0.389. The number of hydrogen-bond acceptors (Lipinski definition) is 3. The standard InChI is InChI=1S/C18H21BO3/c1-12(20)15-8-6-7-13-11-14(9-10-16(13)15)19-21-17(2,3)18(4,5)22-19/h6-11H,1-5H3. The van der Waals surface area contributed by atoms with Crippen LogP contribution in [0.15, 0.2) is 36.4 Å². The quantitative estimate of drug-likeness (QED) is 0.630. The van der Waals surface area contributed by atoms with Gasteiger partial charge >= 0.3 is 7.12 Å². The molecule has 1 fully saturated rings. The molecule has 22 heavy (non-hydrogen) atoms. The molecule has 0 radical (unpaired) electrons. The minimum Gasteiger partial charge on any atom is -0.399 e. The normalized spacial score (nSPS) is 19.6. The Morgan fingerprint density at radius 2 is 1.64 bits per heavy atom. The van der Waals surface area contributed by atoms with Gasteiger partial charge in [-0.25, -0.2) is 0 Å². The van der Waals surface area contributed by atoms with Crippen molar-refractivity contribution in [2.75, 3.05) is 0 Å². The van der Waals surface area contributed by atoms with Gasteiger partial charge in [-0.15, -0.1) is 0 Å². The lowest BCUT2D eigenvalue weighted by Gasteiger charge is -2.32. The van der Waals surface area contributed by atoms with Crippen molar-refractivity contribution in [1.82, 2.24) is 0 Å². The molecule has 3 rings (SSSR count). The van der Waals surface area contributed by atoms with Crippen LogP contribution < -0.4 is 5.46 Å². The molecule has 0 unspecified atom stereocenters. The second-order valence-electron chi connectivity index (χ2n) is 6.93. The molecule has 4 heteroatoms. The van der Waals surface area contributed by atoms with E-state index in [0.717, 1.165) is 21.8 Å². The molecule has 114 valence electrons. The maximum Gasteiger partial charge on any atom is 0.494 e. The van der Waals surface area contributed by atoms with Gasteiger partial charge in [0.1, 0.15) is 0 Å². The summed E-state index contributed by atoms with van der Waals surface area (Å²) in [6.07, 6.45) is 0. The maximum atomic E-state index is 11.7. The molecule has 0 bridgehead atoms. The van der Waals surface area contributed by atoms with Crippen molar-refractivity contribution >= 4 is 29.1 Å². The Kier molecular flexibility index (Phi) is 3.42. The first kappa shape index (κ1) is 15.3. The van der Waals surface area contributed by atoms with Gasteiger partial charge in [0, 0.05) is 5.56 Å². The number of ketones is 1. The van der Waals surface area contributed by atoms with Crippen molar-refractivity contribution in [2.24, 2.45) is 0 Å². The van der Waals surface area contributed by atoms with Gasteiger partial charge in [-0.1, -0.05) is 36.4 Å². The van der Waals surface area contributed by atoms with Crippen molar-refractivity contribution in [1.29, 1.82) is 0 Å². The first-order chi connectivity index (χ1) is 10.2. The van der Waals surface area contributed by atoms with Crippen molar-refractivity contribution in [3.05, 3.63) is 42.0 Å². The molecule has 1 saturated heterocycles. The highest BCUT2D eigenvalue weighted by Crippen LogP contribution is 2.36. The average molecular weight is 296 g/mol. The molecule has 1 heterocycles. The first-order valence-corrected chi connectivity index (χ1v) is 7.60. The van der Waals surface area contributed by atoms with Crippen LogP contribution >= 0.6 is 0 Å². The molecule has 0 spiro atoms. The van der Waals surface area contributed by atoms with E-state index >= 15 is 0 Å². The first-order valence-electron chi connectivity index (χ1n) is 7.60. The van der Waals surface area contributed by atoms with Crippen molar-refractivity contribution in [3.8, 4) is 0 Å². The van der Waals surface area contributed by atoms with E-state index < -0.39 is 0 Å². The molecule has 0 saturated carbocycles.